The number of hydrogen-bond donors (Lipinski definition) is 3. The van der Waals surface area contributed by atoms with E-state index in [1.807, 2.05) is 18.2 Å². The maximum Gasteiger partial charge on any atom is 0.107 e. The summed E-state index contributed by atoms with van der Waals surface area (Å²) in [7, 11) is 0. The number of nitrogens with one attached hydrogen (secondary N) is 1. The van der Waals surface area contributed by atoms with Gasteiger partial charge in [-0.1, -0.05) is 12.1 Å². The van der Waals surface area contributed by atoms with Crippen molar-refractivity contribution in [2.45, 2.75) is 12.8 Å². The van der Waals surface area contributed by atoms with Crippen molar-refractivity contribution in [3.05, 3.63) is 33.4 Å². The zero-order valence-electron chi connectivity index (χ0n) is 6.63. The van der Waals surface area contributed by atoms with Crippen LogP contribution in [0.25, 0.3) is 0 Å². The number of hydrogen-bond acceptors (Lipinski definition) is 3. The van der Waals surface area contributed by atoms with Gasteiger partial charge in [-0.25, -0.2) is 0 Å². The Morgan fingerprint density at radius 3 is 2.75 bits per heavy atom. The van der Waals surface area contributed by atoms with E-state index in [1.165, 1.54) is 9.13 Å². The fraction of sp³-hybridized carbons (Fsp3) is 0.250. The Bertz CT molecular complexity index is 250. The summed E-state index contributed by atoms with van der Waals surface area (Å²) in [6.07, 6.45) is -0.442. The molecule has 1 aromatic rings. The second-order valence-corrected chi connectivity index (χ2v) is 3.78. The third-order valence-corrected chi connectivity index (χ3v) is 2.10. The summed E-state index contributed by atoms with van der Waals surface area (Å²) in [5, 5.41) is 2.94. The van der Waals surface area contributed by atoms with E-state index in [4.69, 9.17) is 11.5 Å². The van der Waals surface area contributed by atoms with E-state index in [1.54, 1.807) is 0 Å². The zero-order chi connectivity index (χ0) is 8.97. The van der Waals surface area contributed by atoms with Crippen LogP contribution in [-0.2, 0) is 6.54 Å². The second kappa shape index (κ2) is 4.76. The molecule has 0 saturated carbocycles. The normalized spacial score (nSPS) is 10.7. The molecule has 0 fully saturated rings. The first kappa shape index (κ1) is 9.91. The largest absolute Gasteiger partial charge is 0.304 e. The van der Waals surface area contributed by atoms with Crippen molar-refractivity contribution in [1.82, 2.24) is 5.32 Å². The summed E-state index contributed by atoms with van der Waals surface area (Å²) in [5.74, 6) is 0. The van der Waals surface area contributed by atoms with Gasteiger partial charge in [0, 0.05) is 10.1 Å². The molecule has 0 atom stereocenters. The van der Waals surface area contributed by atoms with E-state index in [0.717, 1.165) is 0 Å². The molecule has 0 radical (unpaired) electrons. The summed E-state index contributed by atoms with van der Waals surface area (Å²) in [4.78, 5) is 0. The van der Waals surface area contributed by atoms with Gasteiger partial charge in [-0.15, -0.1) is 0 Å². The maximum absolute atomic E-state index is 5.34. The lowest BCUT2D eigenvalue weighted by atomic mass is 10.2. The minimum absolute atomic E-state index is 0.442. The Labute approximate surface area is 85.7 Å². The van der Waals surface area contributed by atoms with E-state index in [-0.39, 0.29) is 0 Å². The van der Waals surface area contributed by atoms with Gasteiger partial charge >= 0.3 is 0 Å². The van der Waals surface area contributed by atoms with Gasteiger partial charge < -0.3 is 11.5 Å². The van der Waals surface area contributed by atoms with Crippen LogP contribution < -0.4 is 16.8 Å². The highest BCUT2D eigenvalue weighted by atomic mass is 127. The van der Waals surface area contributed by atoms with Crippen LogP contribution in [0.2, 0.25) is 0 Å². The molecule has 1 rings (SSSR count). The highest BCUT2D eigenvalue weighted by Gasteiger charge is 1.95. The lowest BCUT2D eigenvalue weighted by molar-refractivity contribution is 0.545. The van der Waals surface area contributed by atoms with Gasteiger partial charge in [0.1, 0.15) is 6.29 Å². The molecule has 0 aromatic heterocycles. The molecule has 0 aliphatic carbocycles. The molecule has 0 amide bonds. The van der Waals surface area contributed by atoms with Crippen molar-refractivity contribution in [2.24, 2.45) is 11.5 Å². The van der Waals surface area contributed by atoms with Crippen molar-refractivity contribution < 1.29 is 0 Å². The van der Waals surface area contributed by atoms with Crippen molar-refractivity contribution in [3.8, 4) is 0 Å². The van der Waals surface area contributed by atoms with E-state index in [9.17, 15) is 0 Å². The fourth-order valence-corrected chi connectivity index (χ4v) is 1.49. The molecule has 5 N–H and O–H groups in total. The first-order chi connectivity index (χ1) is 5.68. The molecule has 66 valence electrons. The molecule has 0 spiro atoms. The highest BCUT2D eigenvalue weighted by Crippen LogP contribution is 2.06. The molecule has 4 heteroatoms. The summed E-state index contributed by atoms with van der Waals surface area (Å²) in [6.45, 7) is 0.717. The van der Waals surface area contributed by atoms with E-state index < -0.39 is 6.29 Å². The molecule has 0 saturated heterocycles. The molecule has 0 bridgehead atoms. The van der Waals surface area contributed by atoms with Gasteiger partial charge in [-0.2, -0.15) is 0 Å². The molecule has 0 unspecified atom stereocenters. The predicted molar refractivity (Wildman–Crippen MR) is 58.2 cm³/mol. The quantitative estimate of drug-likeness (QED) is 0.559. The van der Waals surface area contributed by atoms with Crippen LogP contribution in [-0.4, -0.2) is 6.29 Å². The number of halogens is 1. The van der Waals surface area contributed by atoms with Crippen LogP contribution in [0.3, 0.4) is 0 Å². The molecule has 3 nitrogen and oxygen atoms in total. The summed E-state index contributed by atoms with van der Waals surface area (Å²) in [5.41, 5.74) is 11.9. The van der Waals surface area contributed by atoms with Crippen LogP contribution in [0.4, 0.5) is 0 Å². The molecule has 0 heterocycles. The van der Waals surface area contributed by atoms with Crippen molar-refractivity contribution in [2.75, 3.05) is 0 Å². The zero-order valence-corrected chi connectivity index (χ0v) is 8.78. The third-order valence-electron chi connectivity index (χ3n) is 1.43. The van der Waals surface area contributed by atoms with E-state index >= 15 is 0 Å². The second-order valence-electron chi connectivity index (χ2n) is 2.54. The van der Waals surface area contributed by atoms with Gasteiger partial charge in [0.05, 0.1) is 0 Å². The van der Waals surface area contributed by atoms with Crippen LogP contribution in [0, 0.1) is 3.57 Å². The SMILES string of the molecule is NC(N)NCc1cccc(I)c1. The molecular formula is C8H12IN3. The Balaban J connectivity index is 2.52. The Kier molecular flexibility index (Phi) is 3.93. The molecule has 1 aromatic carbocycles. The summed E-state index contributed by atoms with van der Waals surface area (Å²) in [6, 6.07) is 8.20. The molecule has 0 aliphatic heterocycles. The smallest absolute Gasteiger partial charge is 0.107 e. The van der Waals surface area contributed by atoms with E-state index in [2.05, 4.69) is 34.0 Å². The molecule has 12 heavy (non-hydrogen) atoms. The Hall–Kier alpha value is -0.170. The molecule has 0 aliphatic rings. The standard InChI is InChI=1S/C8H12IN3/c9-7-3-1-2-6(4-7)5-12-8(10)11/h1-4,8,12H,5,10-11H2. The fourth-order valence-electron chi connectivity index (χ4n) is 0.883. The van der Waals surface area contributed by atoms with Gasteiger partial charge in [0.15, 0.2) is 0 Å². The van der Waals surface area contributed by atoms with Crippen LogP contribution in [0.15, 0.2) is 24.3 Å². The minimum Gasteiger partial charge on any atom is -0.304 e. The average molecular weight is 277 g/mol. The minimum atomic E-state index is -0.442. The van der Waals surface area contributed by atoms with Crippen molar-refractivity contribution >= 4 is 22.6 Å². The summed E-state index contributed by atoms with van der Waals surface area (Å²) < 4.78 is 1.22. The van der Waals surface area contributed by atoms with Crippen LogP contribution in [0.5, 0.6) is 0 Å². The topological polar surface area (TPSA) is 64.1 Å². The first-order valence-corrected chi connectivity index (χ1v) is 4.75. The molecular weight excluding hydrogens is 265 g/mol. The monoisotopic (exact) mass is 277 g/mol. The van der Waals surface area contributed by atoms with Crippen LogP contribution in [0.1, 0.15) is 5.56 Å². The van der Waals surface area contributed by atoms with Crippen molar-refractivity contribution in [3.63, 3.8) is 0 Å². The number of rotatable bonds is 3. The van der Waals surface area contributed by atoms with Gasteiger partial charge in [0.2, 0.25) is 0 Å². The average Bonchev–Trinajstić information content (AvgIpc) is 2.01. The van der Waals surface area contributed by atoms with Crippen LogP contribution >= 0.6 is 22.6 Å². The lowest BCUT2D eigenvalue weighted by Crippen LogP contribution is -2.44. The Morgan fingerprint density at radius 2 is 2.17 bits per heavy atom. The Morgan fingerprint density at radius 1 is 1.42 bits per heavy atom. The predicted octanol–water partition coefficient (Wildman–Crippen LogP) is 0.582. The first-order valence-electron chi connectivity index (χ1n) is 3.67. The number of benzene rings is 1. The highest BCUT2D eigenvalue weighted by molar-refractivity contribution is 14.1. The number of nitrogens with two attached hydrogens (primary N) is 2. The van der Waals surface area contributed by atoms with Crippen molar-refractivity contribution in [1.29, 1.82) is 0 Å². The maximum atomic E-state index is 5.34. The van der Waals surface area contributed by atoms with Gasteiger partial charge in [-0.05, 0) is 40.3 Å². The summed E-state index contributed by atoms with van der Waals surface area (Å²) >= 11 is 2.27. The lowest BCUT2D eigenvalue weighted by Gasteiger charge is -2.07. The third kappa shape index (κ3) is 3.48. The van der Waals surface area contributed by atoms with E-state index in [0.29, 0.717) is 6.54 Å². The van der Waals surface area contributed by atoms with Gasteiger partial charge in [0.25, 0.3) is 0 Å². The van der Waals surface area contributed by atoms with Gasteiger partial charge in [-0.3, -0.25) is 5.32 Å².